The van der Waals surface area contributed by atoms with Crippen LogP contribution in [0.25, 0.3) is 0 Å². The minimum absolute atomic E-state index is 0.176. The van der Waals surface area contributed by atoms with Crippen molar-refractivity contribution in [2.75, 3.05) is 11.4 Å². The van der Waals surface area contributed by atoms with Gasteiger partial charge in [0.1, 0.15) is 5.02 Å². The van der Waals surface area contributed by atoms with Crippen molar-refractivity contribution in [3.05, 3.63) is 68.9 Å². The lowest BCUT2D eigenvalue weighted by molar-refractivity contribution is 0.652. The topological polar surface area (TPSA) is 79.7 Å². The molecule has 3 aromatic rings. The van der Waals surface area contributed by atoms with Crippen molar-refractivity contribution in [3.63, 3.8) is 0 Å². The molecule has 0 bridgehead atoms. The van der Waals surface area contributed by atoms with Crippen LogP contribution in [0.5, 0.6) is 0 Å². The summed E-state index contributed by atoms with van der Waals surface area (Å²) in [5.41, 5.74) is 4.82. The minimum atomic E-state index is -0.369. The molecule has 1 N–H and O–H groups in total. The maximum atomic E-state index is 11.8. The van der Waals surface area contributed by atoms with E-state index in [1.54, 1.807) is 6.20 Å². The molecule has 134 valence electrons. The van der Waals surface area contributed by atoms with Crippen molar-refractivity contribution in [2.24, 2.45) is 0 Å². The average molecular weight is 371 g/mol. The molecule has 3 aromatic heterocycles. The number of anilines is 1. The second-order valence-corrected chi connectivity index (χ2v) is 6.68. The summed E-state index contributed by atoms with van der Waals surface area (Å²) in [6.45, 7) is 4.23. The molecule has 4 heterocycles. The SMILES string of the molecule is CCc1ncccc1Cn1cnc2c1CN(c1cn[nH]c(=O)c1Cl)CC2. The summed E-state index contributed by atoms with van der Waals surface area (Å²) in [6.07, 6.45) is 7.02. The Bertz CT molecular complexity index is 995. The van der Waals surface area contributed by atoms with E-state index in [0.717, 1.165) is 43.0 Å². The first-order valence-corrected chi connectivity index (χ1v) is 8.99. The zero-order chi connectivity index (χ0) is 18.1. The van der Waals surface area contributed by atoms with Crippen LogP contribution in [-0.2, 0) is 25.9 Å². The number of aromatic amines is 1. The van der Waals surface area contributed by atoms with Gasteiger partial charge in [0.05, 0.1) is 42.7 Å². The second-order valence-electron chi connectivity index (χ2n) is 6.30. The van der Waals surface area contributed by atoms with E-state index in [0.29, 0.717) is 12.2 Å². The monoisotopic (exact) mass is 370 g/mol. The summed E-state index contributed by atoms with van der Waals surface area (Å²) in [6, 6.07) is 4.07. The molecule has 0 saturated heterocycles. The third-order valence-electron chi connectivity index (χ3n) is 4.77. The Balaban J connectivity index is 1.64. The van der Waals surface area contributed by atoms with E-state index >= 15 is 0 Å². The first kappa shape index (κ1) is 16.8. The maximum absolute atomic E-state index is 11.8. The number of nitrogens with zero attached hydrogens (tertiary/aromatic N) is 5. The molecular formula is C18H19ClN6O. The predicted octanol–water partition coefficient (Wildman–Crippen LogP) is 2.19. The summed E-state index contributed by atoms with van der Waals surface area (Å²) in [5, 5.41) is 6.42. The molecule has 0 atom stereocenters. The first-order valence-electron chi connectivity index (χ1n) is 8.61. The molecule has 26 heavy (non-hydrogen) atoms. The van der Waals surface area contributed by atoms with Crippen molar-refractivity contribution in [1.29, 1.82) is 0 Å². The molecule has 4 rings (SSSR count). The molecule has 0 saturated carbocycles. The summed E-state index contributed by atoms with van der Waals surface area (Å²) in [5.74, 6) is 0. The van der Waals surface area contributed by atoms with Crippen molar-refractivity contribution < 1.29 is 0 Å². The van der Waals surface area contributed by atoms with Gasteiger partial charge in [0.2, 0.25) is 0 Å². The Morgan fingerprint density at radius 1 is 1.35 bits per heavy atom. The summed E-state index contributed by atoms with van der Waals surface area (Å²) < 4.78 is 2.16. The Morgan fingerprint density at radius 2 is 2.23 bits per heavy atom. The summed E-state index contributed by atoms with van der Waals surface area (Å²) in [7, 11) is 0. The number of rotatable bonds is 4. The highest BCUT2D eigenvalue weighted by Gasteiger charge is 2.24. The number of pyridine rings is 1. The number of aryl methyl sites for hydroxylation is 1. The highest BCUT2D eigenvalue weighted by atomic mass is 35.5. The lowest BCUT2D eigenvalue weighted by Crippen LogP contribution is -2.33. The molecule has 1 aliphatic rings. The molecule has 7 nitrogen and oxygen atoms in total. The van der Waals surface area contributed by atoms with Crippen LogP contribution in [0.2, 0.25) is 5.02 Å². The van der Waals surface area contributed by atoms with Gasteiger partial charge >= 0.3 is 0 Å². The summed E-state index contributed by atoms with van der Waals surface area (Å²) >= 11 is 6.18. The Morgan fingerprint density at radius 3 is 3.08 bits per heavy atom. The number of hydrogen-bond acceptors (Lipinski definition) is 5. The average Bonchev–Trinajstić information content (AvgIpc) is 3.06. The molecule has 0 amide bonds. The van der Waals surface area contributed by atoms with Gasteiger partial charge in [-0.1, -0.05) is 24.6 Å². The lowest BCUT2D eigenvalue weighted by atomic mass is 10.1. The van der Waals surface area contributed by atoms with Crippen LogP contribution in [-0.4, -0.2) is 31.3 Å². The Kier molecular flexibility index (Phi) is 4.46. The Labute approximate surface area is 155 Å². The molecule has 0 radical (unpaired) electrons. The standard InChI is InChI=1S/C18H19ClN6O/c1-2-13-12(4-3-6-20-13)9-25-11-21-14-5-7-24(10-16(14)25)15-8-22-23-18(26)17(15)19/h3-4,6,8,11H,2,5,7,9-10H2,1H3,(H,23,26). The molecule has 8 heteroatoms. The highest BCUT2D eigenvalue weighted by Crippen LogP contribution is 2.27. The van der Waals surface area contributed by atoms with E-state index < -0.39 is 0 Å². The number of hydrogen-bond donors (Lipinski definition) is 1. The number of aromatic nitrogens is 5. The molecular weight excluding hydrogens is 352 g/mol. The third kappa shape index (κ3) is 2.99. The quantitative estimate of drug-likeness (QED) is 0.761. The predicted molar refractivity (Wildman–Crippen MR) is 99.6 cm³/mol. The van der Waals surface area contributed by atoms with Crippen molar-refractivity contribution >= 4 is 17.3 Å². The van der Waals surface area contributed by atoms with Crippen LogP contribution in [0, 0.1) is 0 Å². The number of H-pyrrole nitrogens is 1. The van der Waals surface area contributed by atoms with Gasteiger partial charge in [-0.3, -0.25) is 9.78 Å². The molecule has 0 fully saturated rings. The van der Waals surface area contributed by atoms with Crippen LogP contribution in [0.15, 0.2) is 35.6 Å². The fourth-order valence-corrected chi connectivity index (χ4v) is 3.61. The largest absolute Gasteiger partial charge is 0.363 e. The maximum Gasteiger partial charge on any atom is 0.285 e. The highest BCUT2D eigenvalue weighted by molar-refractivity contribution is 6.32. The molecule has 0 aromatic carbocycles. The fourth-order valence-electron chi connectivity index (χ4n) is 3.39. The fraction of sp³-hybridized carbons (Fsp3) is 0.333. The number of nitrogens with one attached hydrogen (secondary N) is 1. The van der Waals surface area contributed by atoms with Gasteiger partial charge in [0.15, 0.2) is 0 Å². The smallest absolute Gasteiger partial charge is 0.285 e. The molecule has 0 spiro atoms. The normalized spacial score (nSPS) is 13.7. The van der Waals surface area contributed by atoms with E-state index in [-0.39, 0.29) is 10.6 Å². The van der Waals surface area contributed by atoms with Crippen LogP contribution in [0.3, 0.4) is 0 Å². The first-order chi connectivity index (χ1) is 12.7. The van der Waals surface area contributed by atoms with E-state index in [1.165, 1.54) is 5.56 Å². The summed E-state index contributed by atoms with van der Waals surface area (Å²) in [4.78, 5) is 22.9. The van der Waals surface area contributed by atoms with E-state index in [2.05, 4.69) is 42.6 Å². The van der Waals surface area contributed by atoms with Gasteiger partial charge in [-0.2, -0.15) is 5.10 Å². The van der Waals surface area contributed by atoms with Gasteiger partial charge in [0, 0.05) is 24.9 Å². The van der Waals surface area contributed by atoms with E-state index in [9.17, 15) is 4.79 Å². The van der Waals surface area contributed by atoms with E-state index in [1.807, 2.05) is 18.6 Å². The number of imidazole rings is 1. The zero-order valence-electron chi connectivity index (χ0n) is 14.4. The van der Waals surface area contributed by atoms with Gasteiger partial charge in [-0.05, 0) is 18.1 Å². The molecule has 0 unspecified atom stereocenters. The number of fused-ring (bicyclic) bond motifs is 1. The van der Waals surface area contributed by atoms with Crippen molar-refractivity contribution in [2.45, 2.75) is 32.9 Å². The van der Waals surface area contributed by atoms with Gasteiger partial charge in [-0.25, -0.2) is 10.1 Å². The Hall–Kier alpha value is -2.67. The molecule has 1 aliphatic heterocycles. The van der Waals surface area contributed by atoms with Crippen LogP contribution in [0.4, 0.5) is 5.69 Å². The second kappa shape index (κ2) is 6.92. The van der Waals surface area contributed by atoms with E-state index in [4.69, 9.17) is 11.6 Å². The van der Waals surface area contributed by atoms with Gasteiger partial charge < -0.3 is 9.47 Å². The van der Waals surface area contributed by atoms with Crippen LogP contribution < -0.4 is 10.5 Å². The van der Waals surface area contributed by atoms with Crippen LogP contribution >= 0.6 is 11.6 Å². The van der Waals surface area contributed by atoms with Crippen molar-refractivity contribution in [3.8, 4) is 0 Å². The minimum Gasteiger partial charge on any atom is -0.363 e. The van der Waals surface area contributed by atoms with Gasteiger partial charge in [0.25, 0.3) is 5.56 Å². The van der Waals surface area contributed by atoms with Crippen molar-refractivity contribution in [1.82, 2.24) is 24.7 Å². The van der Waals surface area contributed by atoms with Gasteiger partial charge in [-0.15, -0.1) is 0 Å². The zero-order valence-corrected chi connectivity index (χ0v) is 15.2. The van der Waals surface area contributed by atoms with Crippen LogP contribution in [0.1, 0.15) is 29.6 Å². The number of halogens is 1. The third-order valence-corrected chi connectivity index (χ3v) is 5.14. The lowest BCUT2D eigenvalue weighted by Gasteiger charge is -2.29. The molecule has 0 aliphatic carbocycles.